The average Bonchev–Trinajstić information content (AvgIpc) is 3.10. The lowest BCUT2D eigenvalue weighted by Gasteiger charge is -2.26. The van der Waals surface area contributed by atoms with Crippen LogP contribution in [-0.2, 0) is 9.53 Å². The van der Waals surface area contributed by atoms with Gasteiger partial charge in [0.2, 0.25) is 5.91 Å². The third-order valence-corrected chi connectivity index (χ3v) is 4.95. The van der Waals surface area contributed by atoms with E-state index in [1.54, 1.807) is 7.11 Å². The number of nitrogens with one attached hydrogen (secondary N) is 1. The molecule has 8 heteroatoms. The van der Waals surface area contributed by atoms with Crippen molar-refractivity contribution in [3.63, 3.8) is 0 Å². The molecule has 25 heavy (non-hydrogen) atoms. The van der Waals surface area contributed by atoms with Crippen LogP contribution in [0.1, 0.15) is 12.8 Å². The van der Waals surface area contributed by atoms with Gasteiger partial charge in [0, 0.05) is 24.2 Å². The summed E-state index contributed by atoms with van der Waals surface area (Å²) in [5.74, 6) is 0.717. The minimum atomic E-state index is -0.535. The highest BCUT2D eigenvalue weighted by atomic mass is 35.5. The third kappa shape index (κ3) is 4.70. The van der Waals surface area contributed by atoms with Gasteiger partial charge in [0.05, 0.1) is 18.8 Å². The Morgan fingerprint density at radius 1 is 1.40 bits per heavy atom. The lowest BCUT2D eigenvalue weighted by atomic mass is 9.92. The summed E-state index contributed by atoms with van der Waals surface area (Å²) in [7, 11) is 1.63. The molecule has 3 rings (SSSR count). The number of amides is 1. The molecule has 0 aliphatic carbocycles. The Morgan fingerprint density at radius 3 is 2.84 bits per heavy atom. The van der Waals surface area contributed by atoms with Crippen molar-refractivity contribution in [1.29, 1.82) is 0 Å². The van der Waals surface area contributed by atoms with E-state index in [2.05, 4.69) is 10.3 Å². The van der Waals surface area contributed by atoms with Gasteiger partial charge in [0.25, 0.3) is 0 Å². The second kappa shape index (κ2) is 9.15. The summed E-state index contributed by atoms with van der Waals surface area (Å²) >= 11 is 1.38. The summed E-state index contributed by atoms with van der Waals surface area (Å²) in [5, 5.41) is 5.27. The van der Waals surface area contributed by atoms with Crippen LogP contribution in [0.4, 0.5) is 5.13 Å². The maximum Gasteiger partial charge on any atom is 0.243 e. The van der Waals surface area contributed by atoms with E-state index in [0.29, 0.717) is 18.3 Å². The van der Waals surface area contributed by atoms with Gasteiger partial charge in [0.1, 0.15) is 5.75 Å². The minimum Gasteiger partial charge on any atom is -0.496 e. The van der Waals surface area contributed by atoms with Crippen LogP contribution < -0.4 is 15.8 Å². The minimum absolute atomic E-state index is 0. The summed E-state index contributed by atoms with van der Waals surface area (Å²) < 4.78 is 10.7. The smallest absolute Gasteiger partial charge is 0.243 e. The van der Waals surface area contributed by atoms with Crippen LogP contribution in [0, 0.1) is 5.92 Å². The number of nitrogens with zero attached hydrogens (tertiary/aromatic N) is 1. The molecule has 1 fully saturated rings. The third-order valence-electron chi connectivity index (χ3n) is 4.19. The van der Waals surface area contributed by atoms with E-state index in [1.165, 1.54) is 11.3 Å². The molecule has 1 aliphatic rings. The zero-order chi connectivity index (χ0) is 16.9. The normalized spacial score (nSPS) is 15.9. The molecule has 1 aromatic heterocycles. The summed E-state index contributed by atoms with van der Waals surface area (Å²) in [6.45, 7) is 1.34. The second-order valence-electron chi connectivity index (χ2n) is 5.70. The maximum atomic E-state index is 12.3. The summed E-state index contributed by atoms with van der Waals surface area (Å²) in [5.41, 5.74) is 7.76. The Kier molecular flexibility index (Phi) is 7.19. The zero-order valence-electron chi connectivity index (χ0n) is 13.9. The van der Waals surface area contributed by atoms with E-state index in [4.69, 9.17) is 15.2 Å². The van der Waals surface area contributed by atoms with E-state index in [9.17, 15) is 4.79 Å². The Balaban J connectivity index is 0.00000225. The number of rotatable bonds is 5. The van der Waals surface area contributed by atoms with Crippen molar-refractivity contribution in [1.82, 2.24) is 4.98 Å². The molecule has 3 N–H and O–H groups in total. The fourth-order valence-electron chi connectivity index (χ4n) is 2.79. The van der Waals surface area contributed by atoms with E-state index >= 15 is 0 Å². The number of hydrogen-bond donors (Lipinski definition) is 2. The quantitative estimate of drug-likeness (QED) is 0.828. The Bertz CT molecular complexity index is 704. The first kappa shape index (κ1) is 19.7. The molecular formula is C17H22ClN3O3S. The summed E-state index contributed by atoms with van der Waals surface area (Å²) in [6.07, 6.45) is 1.64. The Morgan fingerprint density at radius 2 is 2.12 bits per heavy atom. The van der Waals surface area contributed by atoms with Crippen LogP contribution in [-0.4, -0.2) is 37.3 Å². The lowest BCUT2D eigenvalue weighted by molar-refractivity contribution is -0.119. The number of benzene rings is 1. The fourth-order valence-corrected chi connectivity index (χ4v) is 3.50. The van der Waals surface area contributed by atoms with Crippen molar-refractivity contribution in [2.45, 2.75) is 18.9 Å². The number of anilines is 1. The average molecular weight is 384 g/mol. The van der Waals surface area contributed by atoms with Crippen LogP contribution in [0.25, 0.3) is 11.3 Å². The van der Waals surface area contributed by atoms with Crippen LogP contribution in [0.2, 0.25) is 0 Å². The predicted octanol–water partition coefficient (Wildman–Crippen LogP) is 2.93. The number of carbonyl (C=O) groups excluding carboxylic acids is 1. The number of halogens is 1. The molecule has 1 unspecified atom stereocenters. The van der Waals surface area contributed by atoms with Crippen molar-refractivity contribution in [3.8, 4) is 17.0 Å². The standard InChI is InChI=1S/C17H21N3O3S.ClH/c1-22-14-5-3-2-4-12(14)13-10-24-17(19-13)20-16(21)15(18)11-6-8-23-9-7-11;/h2-5,10-11,15H,6-9,18H2,1H3,(H,19,20,21);1H. The molecule has 1 aliphatic heterocycles. The van der Waals surface area contributed by atoms with Gasteiger partial charge in [0.15, 0.2) is 5.13 Å². The first-order valence-electron chi connectivity index (χ1n) is 7.92. The monoisotopic (exact) mass is 383 g/mol. The van der Waals surface area contributed by atoms with Gasteiger partial charge in [-0.3, -0.25) is 4.79 Å². The number of methoxy groups -OCH3 is 1. The molecule has 1 atom stereocenters. The van der Waals surface area contributed by atoms with Crippen LogP contribution in [0.15, 0.2) is 29.6 Å². The van der Waals surface area contributed by atoms with Crippen molar-refractivity contribution in [3.05, 3.63) is 29.6 Å². The largest absolute Gasteiger partial charge is 0.496 e. The van der Waals surface area contributed by atoms with Crippen LogP contribution >= 0.6 is 23.7 Å². The molecule has 2 aromatic rings. The van der Waals surface area contributed by atoms with Gasteiger partial charge < -0.3 is 20.5 Å². The second-order valence-corrected chi connectivity index (χ2v) is 6.56. The molecule has 2 heterocycles. The topological polar surface area (TPSA) is 86.5 Å². The van der Waals surface area contributed by atoms with Gasteiger partial charge in [-0.1, -0.05) is 12.1 Å². The van der Waals surface area contributed by atoms with E-state index in [1.807, 2.05) is 29.6 Å². The number of para-hydroxylation sites is 1. The zero-order valence-corrected chi connectivity index (χ0v) is 15.6. The Labute approximate surface area is 157 Å². The lowest BCUT2D eigenvalue weighted by Crippen LogP contribution is -2.43. The van der Waals surface area contributed by atoms with Crippen molar-refractivity contribution in [2.75, 3.05) is 25.6 Å². The number of aromatic nitrogens is 1. The molecule has 0 bridgehead atoms. The fraction of sp³-hybridized carbons (Fsp3) is 0.412. The highest BCUT2D eigenvalue weighted by Crippen LogP contribution is 2.32. The molecule has 1 saturated heterocycles. The highest BCUT2D eigenvalue weighted by Gasteiger charge is 2.27. The maximum absolute atomic E-state index is 12.3. The summed E-state index contributed by atoms with van der Waals surface area (Å²) in [6, 6.07) is 7.12. The van der Waals surface area contributed by atoms with Crippen LogP contribution in [0.3, 0.4) is 0 Å². The van der Waals surface area contributed by atoms with Gasteiger partial charge >= 0.3 is 0 Å². The Hall–Kier alpha value is -1.67. The first-order valence-corrected chi connectivity index (χ1v) is 8.80. The molecule has 136 valence electrons. The molecule has 0 radical (unpaired) electrons. The highest BCUT2D eigenvalue weighted by molar-refractivity contribution is 7.14. The molecule has 0 spiro atoms. The molecule has 0 saturated carbocycles. The van der Waals surface area contributed by atoms with Crippen LogP contribution in [0.5, 0.6) is 5.75 Å². The number of ether oxygens (including phenoxy) is 2. The van der Waals surface area contributed by atoms with Gasteiger partial charge in [-0.2, -0.15) is 0 Å². The van der Waals surface area contributed by atoms with Crippen molar-refractivity contribution in [2.24, 2.45) is 11.7 Å². The van der Waals surface area contributed by atoms with Gasteiger partial charge in [-0.05, 0) is 30.9 Å². The van der Waals surface area contributed by atoms with Crippen molar-refractivity contribution >= 4 is 34.8 Å². The molecular weight excluding hydrogens is 362 g/mol. The number of thiazole rings is 1. The molecule has 1 amide bonds. The number of hydrogen-bond acceptors (Lipinski definition) is 6. The van der Waals surface area contributed by atoms with E-state index < -0.39 is 6.04 Å². The molecule has 1 aromatic carbocycles. The SMILES string of the molecule is COc1ccccc1-c1csc(NC(=O)C(N)C2CCOCC2)n1.Cl. The number of nitrogens with two attached hydrogens (primary N) is 1. The van der Waals surface area contributed by atoms with Crippen molar-refractivity contribution < 1.29 is 14.3 Å². The number of carbonyl (C=O) groups is 1. The summed E-state index contributed by atoms with van der Waals surface area (Å²) in [4.78, 5) is 16.8. The van der Waals surface area contributed by atoms with E-state index in [-0.39, 0.29) is 24.2 Å². The predicted molar refractivity (Wildman–Crippen MR) is 101 cm³/mol. The van der Waals surface area contributed by atoms with E-state index in [0.717, 1.165) is 29.8 Å². The van der Waals surface area contributed by atoms with Gasteiger partial charge in [-0.25, -0.2) is 4.98 Å². The van der Waals surface area contributed by atoms with Gasteiger partial charge in [-0.15, -0.1) is 23.7 Å². The first-order chi connectivity index (χ1) is 11.7. The molecule has 6 nitrogen and oxygen atoms in total.